The Hall–Kier alpha value is -1.91. The van der Waals surface area contributed by atoms with Crippen LogP contribution < -0.4 is 15.4 Å². The maximum absolute atomic E-state index is 11.4. The number of carbonyl (C=O) groups excluding carboxylic acids is 1. The van der Waals surface area contributed by atoms with E-state index in [-0.39, 0.29) is 6.09 Å². The largest absolute Gasteiger partial charge is 0.494 e. The van der Waals surface area contributed by atoms with Crippen LogP contribution in [0, 0.1) is 0 Å². The minimum absolute atomic E-state index is 0.374. The Balaban J connectivity index is 2.19. The van der Waals surface area contributed by atoms with Crippen molar-refractivity contribution >= 4 is 11.8 Å². The molecule has 0 saturated carbocycles. The van der Waals surface area contributed by atoms with Crippen LogP contribution in [0.1, 0.15) is 34.1 Å². The summed E-state index contributed by atoms with van der Waals surface area (Å²) in [5.74, 6) is 0.856. The summed E-state index contributed by atoms with van der Waals surface area (Å²) in [5.41, 5.74) is 0.556. The quantitative estimate of drug-likeness (QED) is 0.757. The highest BCUT2D eigenvalue weighted by atomic mass is 16.6. The molecule has 0 radical (unpaired) electrons. The molecule has 1 aromatic carbocycles. The van der Waals surface area contributed by atoms with Gasteiger partial charge in [0.25, 0.3) is 0 Å². The van der Waals surface area contributed by atoms with Crippen LogP contribution in [0.4, 0.5) is 10.5 Å². The number of benzene rings is 1. The number of carbonyl (C=O) groups is 1. The lowest BCUT2D eigenvalue weighted by molar-refractivity contribution is 0.0528. The van der Waals surface area contributed by atoms with Crippen molar-refractivity contribution in [1.82, 2.24) is 5.32 Å². The summed E-state index contributed by atoms with van der Waals surface area (Å²) in [5, 5.41) is 6.02. The number of rotatable bonds is 7. The van der Waals surface area contributed by atoms with Gasteiger partial charge in [-0.15, -0.1) is 0 Å². The van der Waals surface area contributed by atoms with Gasteiger partial charge < -0.3 is 20.1 Å². The van der Waals surface area contributed by atoms with E-state index in [4.69, 9.17) is 9.47 Å². The van der Waals surface area contributed by atoms with E-state index in [1.165, 1.54) is 0 Å². The summed E-state index contributed by atoms with van der Waals surface area (Å²) in [6.45, 7) is 9.50. The fraction of sp³-hybridized carbons (Fsp3) is 0.562. The van der Waals surface area contributed by atoms with Crippen LogP contribution in [-0.4, -0.2) is 31.4 Å². The zero-order chi connectivity index (χ0) is 15.7. The van der Waals surface area contributed by atoms with Gasteiger partial charge in [-0.3, -0.25) is 0 Å². The number of alkyl carbamates (subject to hydrolysis) is 1. The van der Waals surface area contributed by atoms with E-state index in [1.54, 1.807) is 0 Å². The van der Waals surface area contributed by atoms with E-state index in [0.717, 1.165) is 24.4 Å². The molecule has 0 aliphatic carbocycles. The first-order chi connectivity index (χ1) is 9.90. The Morgan fingerprint density at radius 1 is 1.24 bits per heavy atom. The molecule has 2 N–H and O–H groups in total. The van der Waals surface area contributed by atoms with Crippen LogP contribution in [-0.2, 0) is 4.74 Å². The second-order valence-corrected chi connectivity index (χ2v) is 5.67. The Kier molecular flexibility index (Phi) is 6.85. The van der Waals surface area contributed by atoms with Crippen LogP contribution in [0.5, 0.6) is 5.75 Å². The molecule has 0 aliphatic heterocycles. The first kappa shape index (κ1) is 17.1. The number of anilines is 1. The van der Waals surface area contributed by atoms with E-state index >= 15 is 0 Å². The summed E-state index contributed by atoms with van der Waals surface area (Å²) < 4.78 is 10.6. The number of hydrogen-bond donors (Lipinski definition) is 2. The minimum Gasteiger partial charge on any atom is -0.494 e. The molecule has 1 aromatic rings. The molecular weight excluding hydrogens is 268 g/mol. The van der Waals surface area contributed by atoms with E-state index in [0.29, 0.717) is 13.2 Å². The molecule has 0 aliphatic rings. The Labute approximate surface area is 127 Å². The van der Waals surface area contributed by atoms with Crippen molar-refractivity contribution in [2.45, 2.75) is 39.7 Å². The number of amides is 1. The van der Waals surface area contributed by atoms with Crippen LogP contribution in [0.15, 0.2) is 24.3 Å². The summed E-state index contributed by atoms with van der Waals surface area (Å²) in [4.78, 5) is 11.4. The normalized spacial score (nSPS) is 10.9. The van der Waals surface area contributed by atoms with Crippen molar-refractivity contribution in [3.8, 4) is 5.75 Å². The summed E-state index contributed by atoms with van der Waals surface area (Å²) in [7, 11) is 0. The van der Waals surface area contributed by atoms with Gasteiger partial charge in [0.05, 0.1) is 6.61 Å². The molecule has 21 heavy (non-hydrogen) atoms. The molecule has 0 bridgehead atoms. The number of ether oxygens (including phenoxy) is 2. The molecule has 0 atom stereocenters. The maximum atomic E-state index is 11.4. The summed E-state index contributed by atoms with van der Waals surface area (Å²) in [6.07, 6.45) is 0.443. The van der Waals surface area contributed by atoms with Crippen molar-refractivity contribution in [3.63, 3.8) is 0 Å². The lowest BCUT2D eigenvalue weighted by Crippen LogP contribution is -2.33. The average molecular weight is 294 g/mol. The monoisotopic (exact) mass is 294 g/mol. The maximum Gasteiger partial charge on any atom is 0.407 e. The van der Waals surface area contributed by atoms with Crippen molar-refractivity contribution in [2.24, 2.45) is 0 Å². The molecule has 5 nitrogen and oxygen atoms in total. The Morgan fingerprint density at radius 3 is 2.67 bits per heavy atom. The van der Waals surface area contributed by atoms with Gasteiger partial charge in [-0.25, -0.2) is 4.79 Å². The highest BCUT2D eigenvalue weighted by Gasteiger charge is 2.15. The second kappa shape index (κ2) is 8.39. The molecular formula is C16H26N2O3. The lowest BCUT2D eigenvalue weighted by Gasteiger charge is -2.19. The molecule has 5 heteroatoms. The van der Waals surface area contributed by atoms with E-state index in [2.05, 4.69) is 10.6 Å². The van der Waals surface area contributed by atoms with Crippen molar-refractivity contribution in [3.05, 3.63) is 24.3 Å². The van der Waals surface area contributed by atoms with Crippen LogP contribution in [0.3, 0.4) is 0 Å². The van der Waals surface area contributed by atoms with Crippen LogP contribution in [0.25, 0.3) is 0 Å². The van der Waals surface area contributed by atoms with E-state index < -0.39 is 5.60 Å². The topological polar surface area (TPSA) is 59.6 Å². The van der Waals surface area contributed by atoms with Gasteiger partial charge in [-0.1, -0.05) is 6.07 Å². The zero-order valence-corrected chi connectivity index (χ0v) is 13.4. The predicted molar refractivity (Wildman–Crippen MR) is 85.0 cm³/mol. The van der Waals surface area contributed by atoms with Gasteiger partial charge in [0.1, 0.15) is 11.4 Å². The van der Waals surface area contributed by atoms with E-state index in [1.807, 2.05) is 52.0 Å². The number of hydrogen-bond acceptors (Lipinski definition) is 4. The fourth-order valence-corrected chi connectivity index (χ4v) is 1.69. The van der Waals surface area contributed by atoms with Crippen molar-refractivity contribution in [2.75, 3.05) is 25.0 Å². The first-order valence-corrected chi connectivity index (χ1v) is 7.34. The standard InChI is InChI=1S/C16H26N2O3/c1-5-20-14-9-6-8-13(12-14)17-10-7-11-18-15(19)21-16(2,3)4/h6,8-9,12,17H,5,7,10-11H2,1-4H3,(H,18,19). The Morgan fingerprint density at radius 2 is 2.00 bits per heavy atom. The average Bonchev–Trinajstić information content (AvgIpc) is 2.37. The van der Waals surface area contributed by atoms with Gasteiger partial charge >= 0.3 is 6.09 Å². The smallest absolute Gasteiger partial charge is 0.407 e. The van der Waals surface area contributed by atoms with Gasteiger partial charge in [-0.2, -0.15) is 0 Å². The fourth-order valence-electron chi connectivity index (χ4n) is 1.69. The highest BCUT2D eigenvalue weighted by molar-refractivity contribution is 5.67. The summed E-state index contributed by atoms with van der Waals surface area (Å²) in [6, 6.07) is 7.83. The Bertz CT molecular complexity index is 441. The molecule has 0 fully saturated rings. The molecule has 0 spiro atoms. The van der Waals surface area contributed by atoms with Crippen LogP contribution in [0.2, 0.25) is 0 Å². The SMILES string of the molecule is CCOc1cccc(NCCCNC(=O)OC(C)(C)C)c1. The number of nitrogens with one attached hydrogen (secondary N) is 2. The second-order valence-electron chi connectivity index (χ2n) is 5.67. The van der Waals surface area contributed by atoms with E-state index in [9.17, 15) is 4.79 Å². The third-order valence-electron chi connectivity index (χ3n) is 2.50. The van der Waals surface area contributed by atoms with Crippen molar-refractivity contribution < 1.29 is 14.3 Å². The molecule has 1 amide bonds. The molecule has 1 rings (SSSR count). The molecule has 0 unspecified atom stereocenters. The third kappa shape index (κ3) is 8.07. The minimum atomic E-state index is -0.456. The van der Waals surface area contributed by atoms with Gasteiger partial charge in [0, 0.05) is 24.8 Å². The molecule has 0 heterocycles. The van der Waals surface area contributed by atoms with Gasteiger partial charge in [0.2, 0.25) is 0 Å². The van der Waals surface area contributed by atoms with Gasteiger partial charge in [0.15, 0.2) is 0 Å². The summed E-state index contributed by atoms with van der Waals surface area (Å²) >= 11 is 0. The van der Waals surface area contributed by atoms with Crippen LogP contribution >= 0.6 is 0 Å². The lowest BCUT2D eigenvalue weighted by atomic mass is 10.2. The zero-order valence-electron chi connectivity index (χ0n) is 13.4. The first-order valence-electron chi connectivity index (χ1n) is 7.34. The predicted octanol–water partition coefficient (Wildman–Crippen LogP) is 3.41. The van der Waals surface area contributed by atoms with Gasteiger partial charge in [-0.05, 0) is 46.2 Å². The van der Waals surface area contributed by atoms with Crippen molar-refractivity contribution in [1.29, 1.82) is 0 Å². The molecule has 118 valence electrons. The molecule has 0 aromatic heterocycles. The third-order valence-corrected chi connectivity index (χ3v) is 2.50. The molecule has 0 saturated heterocycles. The highest BCUT2D eigenvalue weighted by Crippen LogP contribution is 2.17.